The van der Waals surface area contributed by atoms with Crippen molar-refractivity contribution in [2.75, 3.05) is 15.9 Å². The molecule has 0 saturated heterocycles. The van der Waals surface area contributed by atoms with E-state index in [1.807, 2.05) is 0 Å². The normalized spacial score (nSPS) is 12.5. The van der Waals surface area contributed by atoms with Crippen molar-refractivity contribution in [3.05, 3.63) is 54.6 Å². The topological polar surface area (TPSA) is 79.4 Å². The number of benzene rings is 1. The van der Waals surface area contributed by atoms with E-state index in [-0.39, 0.29) is 12.1 Å². The lowest BCUT2D eigenvalue weighted by Gasteiger charge is -2.30. The van der Waals surface area contributed by atoms with Crippen molar-refractivity contribution >= 4 is 27.3 Å². The molecule has 128 valence electrons. The summed E-state index contributed by atoms with van der Waals surface area (Å²) in [5.74, 6) is -1.27. The van der Waals surface area contributed by atoms with E-state index in [1.165, 1.54) is 24.4 Å². The average molecular weight is 351 g/mol. The van der Waals surface area contributed by atoms with Crippen molar-refractivity contribution in [1.82, 2.24) is 4.98 Å². The number of nitrogens with zero attached hydrogens (tertiary/aromatic N) is 2. The molecule has 0 saturated carbocycles. The van der Waals surface area contributed by atoms with Crippen molar-refractivity contribution in [1.29, 1.82) is 0 Å². The molecule has 8 heteroatoms. The Kier molecular flexibility index (Phi) is 5.50. The number of nitrogens with one attached hydrogen (secondary N) is 1. The van der Waals surface area contributed by atoms with E-state index in [9.17, 15) is 17.6 Å². The number of hydrogen-bond acceptors (Lipinski definition) is 4. The minimum atomic E-state index is -3.87. The molecule has 1 aromatic heterocycles. The Bertz CT molecular complexity index is 812. The summed E-state index contributed by atoms with van der Waals surface area (Å²) in [5, 5.41) is 2.60. The SMILES string of the molecule is CC[C@@H](C(=O)Nc1cccnc1)N(c1ccccc1F)S(C)(=O)=O. The number of para-hydroxylation sites is 1. The Hall–Kier alpha value is -2.48. The molecule has 1 N–H and O–H groups in total. The van der Waals surface area contributed by atoms with Gasteiger partial charge in [-0.05, 0) is 30.7 Å². The molecule has 1 aromatic carbocycles. The molecule has 1 heterocycles. The molecule has 1 amide bonds. The van der Waals surface area contributed by atoms with Gasteiger partial charge in [-0.2, -0.15) is 0 Å². The average Bonchev–Trinajstić information content (AvgIpc) is 2.53. The van der Waals surface area contributed by atoms with Gasteiger partial charge in [0.2, 0.25) is 15.9 Å². The number of amides is 1. The standard InChI is InChI=1S/C16H18FN3O3S/c1-3-14(16(21)19-12-7-6-10-18-11-12)20(24(2,22)23)15-9-5-4-8-13(15)17/h4-11,14H,3H2,1-2H3,(H,19,21)/t14-/m0/s1. The Morgan fingerprint density at radius 3 is 2.54 bits per heavy atom. The first-order valence-corrected chi connectivity index (χ1v) is 9.14. The third kappa shape index (κ3) is 4.08. The highest BCUT2D eigenvalue weighted by Crippen LogP contribution is 2.25. The van der Waals surface area contributed by atoms with Crippen LogP contribution in [0, 0.1) is 5.82 Å². The van der Waals surface area contributed by atoms with Gasteiger partial charge in [-0.15, -0.1) is 0 Å². The molecule has 2 rings (SSSR count). The minimum Gasteiger partial charge on any atom is -0.323 e. The van der Waals surface area contributed by atoms with Gasteiger partial charge in [0.05, 0.1) is 23.8 Å². The maximum Gasteiger partial charge on any atom is 0.248 e. The zero-order valence-electron chi connectivity index (χ0n) is 13.3. The molecule has 0 aliphatic heterocycles. The lowest BCUT2D eigenvalue weighted by molar-refractivity contribution is -0.117. The summed E-state index contributed by atoms with van der Waals surface area (Å²) in [6.07, 6.45) is 4.11. The Morgan fingerprint density at radius 2 is 2.00 bits per heavy atom. The zero-order valence-corrected chi connectivity index (χ0v) is 14.1. The summed E-state index contributed by atoms with van der Waals surface area (Å²) < 4.78 is 39.3. The van der Waals surface area contributed by atoms with Crippen molar-refractivity contribution in [2.45, 2.75) is 19.4 Å². The largest absolute Gasteiger partial charge is 0.323 e. The second-order valence-corrected chi connectivity index (χ2v) is 7.02. The van der Waals surface area contributed by atoms with Gasteiger partial charge in [0.1, 0.15) is 11.9 Å². The van der Waals surface area contributed by atoms with Crippen LogP contribution in [0.2, 0.25) is 0 Å². The summed E-state index contributed by atoms with van der Waals surface area (Å²) in [5.41, 5.74) is 0.274. The quantitative estimate of drug-likeness (QED) is 0.867. The highest BCUT2D eigenvalue weighted by atomic mass is 32.2. The van der Waals surface area contributed by atoms with Crippen LogP contribution >= 0.6 is 0 Å². The summed E-state index contributed by atoms with van der Waals surface area (Å²) in [6, 6.07) is 7.64. The minimum absolute atomic E-state index is 0.159. The number of hydrogen-bond donors (Lipinski definition) is 1. The van der Waals surface area contributed by atoms with Crippen LogP contribution in [-0.4, -0.2) is 31.6 Å². The van der Waals surface area contributed by atoms with Crippen LogP contribution in [0.15, 0.2) is 48.8 Å². The van der Waals surface area contributed by atoms with Crippen LogP contribution in [-0.2, 0) is 14.8 Å². The fourth-order valence-corrected chi connectivity index (χ4v) is 3.54. The predicted octanol–water partition coefficient (Wildman–Crippen LogP) is 2.40. The Morgan fingerprint density at radius 1 is 1.29 bits per heavy atom. The number of halogens is 1. The van der Waals surface area contributed by atoms with Gasteiger partial charge in [0.15, 0.2) is 0 Å². The monoisotopic (exact) mass is 351 g/mol. The molecule has 2 aromatic rings. The van der Waals surface area contributed by atoms with E-state index in [4.69, 9.17) is 0 Å². The molecular formula is C16H18FN3O3S. The molecule has 0 unspecified atom stereocenters. The van der Waals surface area contributed by atoms with Gasteiger partial charge >= 0.3 is 0 Å². The second-order valence-electron chi connectivity index (χ2n) is 5.17. The zero-order chi connectivity index (χ0) is 17.7. The molecule has 0 spiro atoms. The molecule has 0 fully saturated rings. The highest BCUT2D eigenvalue weighted by Gasteiger charge is 2.33. The third-order valence-corrected chi connectivity index (χ3v) is 4.51. The molecule has 0 bridgehead atoms. The number of pyridine rings is 1. The fourth-order valence-electron chi connectivity index (χ4n) is 2.33. The molecule has 0 aliphatic carbocycles. The Labute approximate surface area is 140 Å². The van der Waals surface area contributed by atoms with Gasteiger partial charge in [-0.25, -0.2) is 12.8 Å². The van der Waals surface area contributed by atoms with E-state index in [0.717, 1.165) is 16.6 Å². The van der Waals surface area contributed by atoms with Gasteiger partial charge in [-0.1, -0.05) is 19.1 Å². The maximum atomic E-state index is 14.1. The van der Waals surface area contributed by atoms with Crippen molar-refractivity contribution in [3.63, 3.8) is 0 Å². The number of carbonyl (C=O) groups excluding carboxylic acids is 1. The highest BCUT2D eigenvalue weighted by molar-refractivity contribution is 7.92. The second kappa shape index (κ2) is 7.39. The van der Waals surface area contributed by atoms with Crippen LogP contribution in [0.25, 0.3) is 0 Å². The van der Waals surface area contributed by atoms with E-state index < -0.39 is 27.8 Å². The van der Waals surface area contributed by atoms with Gasteiger partial charge in [0, 0.05) is 6.20 Å². The van der Waals surface area contributed by atoms with E-state index >= 15 is 0 Å². The smallest absolute Gasteiger partial charge is 0.248 e. The number of rotatable bonds is 6. The molecule has 0 aliphatic rings. The van der Waals surface area contributed by atoms with Crippen LogP contribution in [0.3, 0.4) is 0 Å². The number of aromatic nitrogens is 1. The van der Waals surface area contributed by atoms with Crippen LogP contribution < -0.4 is 9.62 Å². The van der Waals surface area contributed by atoms with Crippen LogP contribution in [0.5, 0.6) is 0 Å². The first-order chi connectivity index (χ1) is 11.3. The number of sulfonamides is 1. The summed E-state index contributed by atoms with van der Waals surface area (Å²) in [7, 11) is -3.87. The first-order valence-electron chi connectivity index (χ1n) is 7.29. The van der Waals surface area contributed by atoms with Gasteiger partial charge in [0.25, 0.3) is 0 Å². The van der Waals surface area contributed by atoms with Crippen LogP contribution in [0.1, 0.15) is 13.3 Å². The lowest BCUT2D eigenvalue weighted by Crippen LogP contribution is -2.47. The van der Waals surface area contributed by atoms with Gasteiger partial charge in [-0.3, -0.25) is 14.1 Å². The fraction of sp³-hybridized carbons (Fsp3) is 0.250. The third-order valence-electron chi connectivity index (χ3n) is 3.35. The van der Waals surface area contributed by atoms with Gasteiger partial charge < -0.3 is 5.32 Å². The van der Waals surface area contributed by atoms with E-state index in [1.54, 1.807) is 25.3 Å². The number of anilines is 2. The van der Waals surface area contributed by atoms with Crippen molar-refractivity contribution in [3.8, 4) is 0 Å². The number of carbonyl (C=O) groups is 1. The molecule has 6 nitrogen and oxygen atoms in total. The van der Waals surface area contributed by atoms with Crippen molar-refractivity contribution in [2.24, 2.45) is 0 Å². The maximum absolute atomic E-state index is 14.1. The van der Waals surface area contributed by atoms with E-state index in [0.29, 0.717) is 5.69 Å². The molecular weight excluding hydrogens is 333 g/mol. The molecule has 0 radical (unpaired) electrons. The molecule has 1 atom stereocenters. The summed E-state index contributed by atoms with van der Waals surface area (Å²) in [4.78, 5) is 16.4. The predicted molar refractivity (Wildman–Crippen MR) is 90.7 cm³/mol. The van der Waals surface area contributed by atoms with Crippen molar-refractivity contribution < 1.29 is 17.6 Å². The first kappa shape index (κ1) is 17.9. The summed E-state index contributed by atoms with van der Waals surface area (Å²) >= 11 is 0. The summed E-state index contributed by atoms with van der Waals surface area (Å²) in [6.45, 7) is 1.66. The molecule has 24 heavy (non-hydrogen) atoms. The Balaban J connectivity index is 2.40. The van der Waals surface area contributed by atoms with E-state index in [2.05, 4.69) is 10.3 Å². The lowest BCUT2D eigenvalue weighted by atomic mass is 10.2. The van der Waals surface area contributed by atoms with Crippen LogP contribution in [0.4, 0.5) is 15.8 Å².